The summed E-state index contributed by atoms with van der Waals surface area (Å²) in [6.45, 7) is 2.02. The van der Waals surface area contributed by atoms with Crippen LogP contribution in [0.4, 0.5) is 0 Å². The highest BCUT2D eigenvalue weighted by atomic mass is 16.5. The van der Waals surface area contributed by atoms with Gasteiger partial charge in [-0.3, -0.25) is 19.6 Å². The number of nitrogens with zero attached hydrogens (tertiary/aromatic N) is 4. The van der Waals surface area contributed by atoms with Gasteiger partial charge in [0.2, 0.25) is 5.91 Å². The normalized spacial score (nSPS) is 16.6. The topological polar surface area (TPSA) is 75.6 Å². The molecular formula is C26H28N4O3. The summed E-state index contributed by atoms with van der Waals surface area (Å²) in [4.78, 5) is 37.4. The number of amides is 2. The number of carbonyl (C=O) groups excluding carboxylic acids is 2. The van der Waals surface area contributed by atoms with Crippen LogP contribution in [0.15, 0.2) is 54.9 Å². The lowest BCUT2D eigenvalue weighted by Crippen LogP contribution is -2.42. The molecule has 0 radical (unpaired) electrons. The lowest BCUT2D eigenvalue weighted by atomic mass is 10.1. The number of benzene rings is 2. The fourth-order valence-corrected chi connectivity index (χ4v) is 4.32. The third kappa shape index (κ3) is 4.97. The van der Waals surface area contributed by atoms with Gasteiger partial charge >= 0.3 is 0 Å². The third-order valence-corrected chi connectivity index (χ3v) is 6.38. The second-order valence-corrected chi connectivity index (χ2v) is 8.98. The fraction of sp³-hybridized carbons (Fsp3) is 0.385. The monoisotopic (exact) mass is 444 g/mol. The van der Waals surface area contributed by atoms with Gasteiger partial charge in [0.25, 0.3) is 5.91 Å². The molecule has 0 spiro atoms. The van der Waals surface area contributed by atoms with E-state index in [2.05, 4.69) is 9.97 Å². The molecule has 3 aromatic rings. The highest BCUT2D eigenvalue weighted by Crippen LogP contribution is 2.32. The molecule has 33 heavy (non-hydrogen) atoms. The molecule has 2 amide bonds. The van der Waals surface area contributed by atoms with Gasteiger partial charge in [0.15, 0.2) is 0 Å². The summed E-state index contributed by atoms with van der Waals surface area (Å²) in [5.74, 6) is 1.31. The Bertz CT molecular complexity index is 1150. The SMILES string of the molecule is CN(Cc1ccc2nccnc2c1)C(=O)c1ccc(OC2CCN(C(=O)C3CC3)CC2)cc1. The van der Waals surface area contributed by atoms with Crippen LogP contribution >= 0.6 is 0 Å². The van der Waals surface area contributed by atoms with E-state index in [9.17, 15) is 9.59 Å². The Morgan fingerprint density at radius 3 is 2.36 bits per heavy atom. The summed E-state index contributed by atoms with van der Waals surface area (Å²) in [5, 5.41) is 0. The molecule has 2 heterocycles. The van der Waals surface area contributed by atoms with E-state index in [4.69, 9.17) is 4.74 Å². The number of ether oxygens (including phenoxy) is 1. The molecule has 2 aromatic carbocycles. The Labute approximate surface area is 193 Å². The summed E-state index contributed by atoms with van der Waals surface area (Å²) in [6.07, 6.45) is 7.23. The Kier molecular flexibility index (Phi) is 5.94. The van der Waals surface area contributed by atoms with Crippen LogP contribution in [-0.2, 0) is 11.3 Å². The van der Waals surface area contributed by atoms with E-state index in [1.807, 2.05) is 47.4 Å². The van der Waals surface area contributed by atoms with E-state index in [0.717, 1.165) is 61.1 Å². The van der Waals surface area contributed by atoms with Gasteiger partial charge in [-0.15, -0.1) is 0 Å². The number of fused-ring (bicyclic) bond motifs is 1. The van der Waals surface area contributed by atoms with Gasteiger partial charge in [-0.1, -0.05) is 6.07 Å². The molecule has 0 unspecified atom stereocenters. The predicted octanol–water partition coefficient (Wildman–Crippen LogP) is 3.68. The zero-order chi connectivity index (χ0) is 22.8. The summed E-state index contributed by atoms with van der Waals surface area (Å²) < 4.78 is 6.12. The molecule has 2 fully saturated rings. The minimum Gasteiger partial charge on any atom is -0.490 e. The van der Waals surface area contributed by atoms with Crippen molar-refractivity contribution in [2.24, 2.45) is 5.92 Å². The minimum absolute atomic E-state index is 0.0484. The first-order chi connectivity index (χ1) is 16.1. The maximum absolute atomic E-state index is 12.9. The number of piperidine rings is 1. The Morgan fingerprint density at radius 1 is 0.970 bits per heavy atom. The second-order valence-electron chi connectivity index (χ2n) is 8.98. The Morgan fingerprint density at radius 2 is 1.67 bits per heavy atom. The van der Waals surface area contributed by atoms with Gasteiger partial charge in [-0.25, -0.2) is 0 Å². The van der Waals surface area contributed by atoms with Gasteiger partial charge in [-0.05, 0) is 54.8 Å². The number of hydrogen-bond acceptors (Lipinski definition) is 5. The molecular weight excluding hydrogens is 416 g/mol. The average Bonchev–Trinajstić information content (AvgIpc) is 3.70. The first-order valence-corrected chi connectivity index (χ1v) is 11.6. The van der Waals surface area contributed by atoms with E-state index in [-0.39, 0.29) is 17.9 Å². The molecule has 0 atom stereocenters. The molecule has 7 nitrogen and oxygen atoms in total. The van der Waals surface area contributed by atoms with Gasteiger partial charge in [-0.2, -0.15) is 0 Å². The maximum Gasteiger partial charge on any atom is 0.253 e. The van der Waals surface area contributed by atoms with Crippen molar-refractivity contribution >= 4 is 22.8 Å². The van der Waals surface area contributed by atoms with Crippen LogP contribution in [0, 0.1) is 5.92 Å². The van der Waals surface area contributed by atoms with Crippen LogP contribution in [0.1, 0.15) is 41.6 Å². The summed E-state index contributed by atoms with van der Waals surface area (Å²) >= 11 is 0. The standard InChI is InChI=1S/C26H28N4O3/c1-29(17-18-2-9-23-24(16-18)28-13-12-27-23)25(31)19-5-7-21(8-6-19)33-22-10-14-30(15-11-22)26(32)20-3-4-20/h2,5-9,12-13,16,20,22H,3-4,10-11,14-15,17H2,1H3. The molecule has 1 aliphatic carbocycles. The van der Waals surface area contributed by atoms with Crippen molar-refractivity contribution < 1.29 is 14.3 Å². The van der Waals surface area contributed by atoms with Crippen LogP contribution in [0.25, 0.3) is 11.0 Å². The first-order valence-electron chi connectivity index (χ1n) is 11.6. The van der Waals surface area contributed by atoms with E-state index in [0.29, 0.717) is 18.0 Å². The van der Waals surface area contributed by atoms with Crippen molar-refractivity contribution in [2.45, 2.75) is 38.3 Å². The highest BCUT2D eigenvalue weighted by Gasteiger charge is 2.35. The summed E-state index contributed by atoms with van der Waals surface area (Å²) in [5.41, 5.74) is 3.28. The van der Waals surface area contributed by atoms with Crippen molar-refractivity contribution in [3.8, 4) is 5.75 Å². The molecule has 7 heteroatoms. The highest BCUT2D eigenvalue weighted by molar-refractivity contribution is 5.94. The van der Waals surface area contributed by atoms with Crippen LogP contribution in [0.5, 0.6) is 5.75 Å². The van der Waals surface area contributed by atoms with Crippen molar-refractivity contribution in [2.75, 3.05) is 20.1 Å². The maximum atomic E-state index is 12.9. The smallest absolute Gasteiger partial charge is 0.253 e. The second kappa shape index (κ2) is 9.17. The summed E-state index contributed by atoms with van der Waals surface area (Å²) in [7, 11) is 1.80. The lowest BCUT2D eigenvalue weighted by molar-refractivity contribution is -0.134. The zero-order valence-corrected chi connectivity index (χ0v) is 18.8. The third-order valence-electron chi connectivity index (χ3n) is 6.38. The van der Waals surface area contributed by atoms with Crippen LogP contribution < -0.4 is 4.74 Å². The van der Waals surface area contributed by atoms with Crippen molar-refractivity contribution in [3.05, 3.63) is 66.0 Å². The van der Waals surface area contributed by atoms with Crippen molar-refractivity contribution in [1.29, 1.82) is 0 Å². The zero-order valence-electron chi connectivity index (χ0n) is 18.8. The van der Waals surface area contributed by atoms with Crippen LogP contribution in [0.3, 0.4) is 0 Å². The van der Waals surface area contributed by atoms with E-state index < -0.39 is 0 Å². The van der Waals surface area contributed by atoms with Crippen molar-refractivity contribution in [3.63, 3.8) is 0 Å². The Balaban J connectivity index is 1.15. The quantitative estimate of drug-likeness (QED) is 0.580. The number of likely N-dealkylation sites (tertiary alicyclic amines) is 1. The van der Waals surface area contributed by atoms with Gasteiger partial charge < -0.3 is 14.5 Å². The fourth-order valence-electron chi connectivity index (χ4n) is 4.32. The van der Waals surface area contributed by atoms with Gasteiger partial charge in [0.1, 0.15) is 11.9 Å². The van der Waals surface area contributed by atoms with Crippen LogP contribution in [-0.4, -0.2) is 57.8 Å². The largest absolute Gasteiger partial charge is 0.490 e. The van der Waals surface area contributed by atoms with Gasteiger partial charge in [0, 0.05) is 63.4 Å². The predicted molar refractivity (Wildman–Crippen MR) is 125 cm³/mol. The Hall–Kier alpha value is -3.48. The molecule has 1 aromatic heterocycles. The number of aromatic nitrogens is 2. The molecule has 2 aliphatic rings. The molecule has 170 valence electrons. The molecule has 5 rings (SSSR count). The van der Waals surface area contributed by atoms with E-state index >= 15 is 0 Å². The van der Waals surface area contributed by atoms with Crippen LogP contribution in [0.2, 0.25) is 0 Å². The number of carbonyl (C=O) groups is 2. The minimum atomic E-state index is -0.0484. The van der Waals surface area contributed by atoms with Crippen molar-refractivity contribution in [1.82, 2.24) is 19.8 Å². The number of rotatable bonds is 6. The molecule has 0 bridgehead atoms. The lowest BCUT2D eigenvalue weighted by Gasteiger charge is -2.32. The molecule has 1 saturated heterocycles. The van der Waals surface area contributed by atoms with E-state index in [1.54, 1.807) is 24.3 Å². The number of hydrogen-bond donors (Lipinski definition) is 0. The van der Waals surface area contributed by atoms with E-state index in [1.165, 1.54) is 0 Å². The average molecular weight is 445 g/mol. The molecule has 1 saturated carbocycles. The van der Waals surface area contributed by atoms with Gasteiger partial charge in [0.05, 0.1) is 11.0 Å². The molecule has 0 N–H and O–H groups in total. The summed E-state index contributed by atoms with van der Waals surface area (Å²) in [6, 6.07) is 13.2. The first kappa shape index (κ1) is 21.4. The molecule has 1 aliphatic heterocycles.